The van der Waals surface area contributed by atoms with E-state index in [9.17, 15) is 0 Å². The molecule has 0 aromatic heterocycles. The van der Waals surface area contributed by atoms with Gasteiger partial charge in [-0.1, -0.05) is 182 Å². The maximum absolute atomic E-state index is 6.20. The van der Waals surface area contributed by atoms with Crippen molar-refractivity contribution in [1.82, 2.24) is 0 Å². The van der Waals surface area contributed by atoms with Gasteiger partial charge in [-0.3, -0.25) is 0 Å². The largest absolute Gasteiger partial charge is 0.576 e. The van der Waals surface area contributed by atoms with Gasteiger partial charge in [0, 0.05) is 0 Å². The second-order valence-electron chi connectivity index (χ2n) is 13.9. The van der Waals surface area contributed by atoms with Crippen molar-refractivity contribution in [3.63, 3.8) is 0 Å². The third-order valence-electron chi connectivity index (χ3n) is 11.3. The number of rotatable bonds is 8. The van der Waals surface area contributed by atoms with E-state index in [1.807, 2.05) is 0 Å². The normalized spacial score (nSPS) is 14.0. The van der Waals surface area contributed by atoms with Crippen molar-refractivity contribution >= 4 is 7.69 Å². The Kier molecular flexibility index (Phi) is 7.40. The molecule has 2 nitrogen and oxygen atoms in total. The first-order valence-electron chi connectivity index (χ1n) is 18.3. The second-order valence-corrected chi connectivity index (χ2v) is 13.9. The molecule has 0 N–H and O–H groups in total. The van der Waals surface area contributed by atoms with E-state index in [2.05, 4.69) is 206 Å². The highest BCUT2D eigenvalue weighted by Crippen LogP contribution is 2.57. The van der Waals surface area contributed by atoms with Crippen LogP contribution in [0.2, 0.25) is 0 Å². The van der Waals surface area contributed by atoms with Crippen molar-refractivity contribution in [3.8, 4) is 33.8 Å². The summed E-state index contributed by atoms with van der Waals surface area (Å²) in [5.74, 6) is 1.52. The molecule has 8 aromatic rings. The highest BCUT2D eigenvalue weighted by atomic mass is 16.6. The molecule has 0 saturated heterocycles. The first-order valence-corrected chi connectivity index (χ1v) is 18.3. The fourth-order valence-electron chi connectivity index (χ4n) is 9.19. The maximum Gasteiger partial charge on any atom is 0.576 e. The van der Waals surface area contributed by atoms with Gasteiger partial charge >= 0.3 is 7.69 Å². The monoisotopic (exact) mass is 678 g/mol. The van der Waals surface area contributed by atoms with E-state index in [0.717, 1.165) is 11.5 Å². The van der Waals surface area contributed by atoms with Crippen molar-refractivity contribution in [2.45, 2.75) is 10.8 Å². The Morgan fingerprint density at radius 3 is 0.849 bits per heavy atom. The smallest absolute Gasteiger partial charge is 0.529 e. The van der Waals surface area contributed by atoms with E-state index in [1.165, 1.54) is 66.8 Å². The van der Waals surface area contributed by atoms with Crippen LogP contribution in [0.4, 0.5) is 0 Å². The predicted molar refractivity (Wildman–Crippen MR) is 216 cm³/mol. The van der Waals surface area contributed by atoms with Gasteiger partial charge in [0.25, 0.3) is 0 Å². The molecule has 0 bridgehead atoms. The van der Waals surface area contributed by atoms with Gasteiger partial charge in [-0.25, -0.2) is 0 Å². The van der Waals surface area contributed by atoms with Gasteiger partial charge < -0.3 is 9.31 Å². The Balaban J connectivity index is 0.933. The summed E-state index contributed by atoms with van der Waals surface area (Å²) in [7, 11) is 0.101. The third kappa shape index (κ3) is 4.67. The van der Waals surface area contributed by atoms with Crippen molar-refractivity contribution in [3.05, 3.63) is 251 Å². The van der Waals surface area contributed by atoms with Crippen LogP contribution in [0.25, 0.3) is 22.3 Å². The van der Waals surface area contributed by atoms with Gasteiger partial charge in [0.15, 0.2) is 0 Å². The van der Waals surface area contributed by atoms with Crippen LogP contribution in [0.5, 0.6) is 11.5 Å². The van der Waals surface area contributed by atoms with E-state index >= 15 is 0 Å². The predicted octanol–water partition coefficient (Wildman–Crippen LogP) is 11.1. The molecule has 0 spiro atoms. The van der Waals surface area contributed by atoms with Crippen LogP contribution < -0.4 is 9.31 Å². The van der Waals surface area contributed by atoms with Gasteiger partial charge in [0.05, 0.1) is 10.8 Å². The molecule has 0 fully saturated rings. The lowest BCUT2D eigenvalue weighted by molar-refractivity contribution is 0.458. The minimum atomic E-state index is -0.428. The average molecular weight is 679 g/mol. The SMILES string of the molecule is B(Oc1ccc(C2(c3ccccc3)c3ccccc3-c3ccccc32)cc1)Oc1ccc(C2(c3ccccc3)c3ccccc3-c3ccccc32)cc1. The first-order chi connectivity index (χ1) is 26.3. The van der Waals surface area contributed by atoms with E-state index < -0.39 is 10.8 Å². The Morgan fingerprint density at radius 1 is 0.264 bits per heavy atom. The molecule has 0 unspecified atom stereocenters. The molecule has 53 heavy (non-hydrogen) atoms. The summed E-state index contributed by atoms with van der Waals surface area (Å²) in [6, 6.07) is 74.0. The van der Waals surface area contributed by atoms with E-state index in [-0.39, 0.29) is 7.69 Å². The van der Waals surface area contributed by atoms with Gasteiger partial charge in [0.1, 0.15) is 11.5 Å². The lowest BCUT2D eigenvalue weighted by Crippen LogP contribution is -2.28. The lowest BCUT2D eigenvalue weighted by atomic mass is 9.68. The molecule has 250 valence electrons. The molecule has 0 aliphatic heterocycles. The summed E-state index contributed by atoms with van der Waals surface area (Å²) < 4.78 is 12.4. The molecule has 0 radical (unpaired) electrons. The van der Waals surface area contributed by atoms with Crippen LogP contribution in [-0.2, 0) is 10.8 Å². The second kappa shape index (κ2) is 12.6. The molecule has 2 aliphatic carbocycles. The number of hydrogen-bond donors (Lipinski definition) is 0. The summed E-state index contributed by atoms with van der Waals surface area (Å²) in [5.41, 5.74) is 14.4. The lowest BCUT2D eigenvalue weighted by Gasteiger charge is -2.34. The summed E-state index contributed by atoms with van der Waals surface area (Å²) in [5, 5.41) is 0. The molecule has 3 heteroatoms. The molecule has 8 aromatic carbocycles. The summed E-state index contributed by atoms with van der Waals surface area (Å²) in [6.45, 7) is 0. The quantitative estimate of drug-likeness (QED) is 0.149. The number of hydrogen-bond acceptors (Lipinski definition) is 2. The molecule has 2 aliphatic rings. The van der Waals surface area contributed by atoms with Crippen molar-refractivity contribution in [2.75, 3.05) is 0 Å². The van der Waals surface area contributed by atoms with Crippen molar-refractivity contribution < 1.29 is 9.31 Å². The zero-order valence-corrected chi connectivity index (χ0v) is 29.2. The highest BCUT2D eigenvalue weighted by molar-refractivity contribution is 6.20. The maximum atomic E-state index is 6.20. The number of benzene rings is 8. The minimum Gasteiger partial charge on any atom is -0.529 e. The Hall–Kier alpha value is -6.58. The fourth-order valence-corrected chi connectivity index (χ4v) is 9.19. The highest BCUT2D eigenvalue weighted by Gasteiger charge is 2.47. The molecular weight excluding hydrogens is 643 g/mol. The molecule has 0 atom stereocenters. The molecule has 0 heterocycles. The molecule has 0 amide bonds. The summed E-state index contributed by atoms with van der Waals surface area (Å²) in [4.78, 5) is 0. The van der Waals surface area contributed by atoms with E-state index in [1.54, 1.807) is 0 Å². The minimum absolute atomic E-state index is 0.101. The van der Waals surface area contributed by atoms with Crippen LogP contribution in [0.3, 0.4) is 0 Å². The van der Waals surface area contributed by atoms with Gasteiger partial charge in [-0.05, 0) is 91.0 Å². The zero-order valence-electron chi connectivity index (χ0n) is 29.2. The van der Waals surface area contributed by atoms with Crippen LogP contribution >= 0.6 is 0 Å². The number of fused-ring (bicyclic) bond motifs is 6. The Morgan fingerprint density at radius 2 is 0.528 bits per heavy atom. The van der Waals surface area contributed by atoms with Crippen molar-refractivity contribution in [2.24, 2.45) is 0 Å². The fraction of sp³-hybridized carbons (Fsp3) is 0.0400. The van der Waals surface area contributed by atoms with Gasteiger partial charge in [-0.2, -0.15) is 0 Å². The first kappa shape index (κ1) is 31.2. The Bertz CT molecular complexity index is 2300. The standard InChI is InChI=1S/C50H35BO2/c1-3-15-35(16-4-1)49(45-23-11-7-19-41(45)42-20-8-12-24-46(42)49)37-27-31-39(32-28-37)52-51-53-40-33-29-38(30-34-40)50(36-17-5-2-6-18-36)47-25-13-9-21-43(47)44-22-10-14-26-48(44)50/h1-34,51H. The van der Waals surface area contributed by atoms with Gasteiger partial charge in [0.2, 0.25) is 0 Å². The van der Waals surface area contributed by atoms with Crippen LogP contribution in [0.1, 0.15) is 44.5 Å². The molecule has 0 saturated carbocycles. The van der Waals surface area contributed by atoms with Crippen molar-refractivity contribution in [1.29, 1.82) is 0 Å². The topological polar surface area (TPSA) is 18.5 Å². The van der Waals surface area contributed by atoms with E-state index in [4.69, 9.17) is 9.31 Å². The molecule has 10 rings (SSSR count). The zero-order chi connectivity index (χ0) is 35.2. The van der Waals surface area contributed by atoms with Crippen LogP contribution in [0, 0.1) is 0 Å². The van der Waals surface area contributed by atoms with Crippen LogP contribution in [0.15, 0.2) is 206 Å². The Labute approximate surface area is 311 Å². The van der Waals surface area contributed by atoms with E-state index in [0.29, 0.717) is 0 Å². The summed E-state index contributed by atoms with van der Waals surface area (Å²) in [6.07, 6.45) is 0. The summed E-state index contributed by atoms with van der Waals surface area (Å²) >= 11 is 0. The van der Waals surface area contributed by atoms with Gasteiger partial charge in [-0.15, -0.1) is 0 Å². The molecular formula is C50H35BO2. The average Bonchev–Trinajstić information content (AvgIpc) is 3.71. The van der Waals surface area contributed by atoms with Crippen LogP contribution in [-0.4, -0.2) is 7.69 Å². The third-order valence-corrected chi connectivity index (χ3v) is 11.3.